The van der Waals surface area contributed by atoms with E-state index in [9.17, 15) is 0 Å². The number of rotatable bonds is 4. The van der Waals surface area contributed by atoms with Gasteiger partial charge in [0.2, 0.25) is 0 Å². The third-order valence-electron chi connectivity index (χ3n) is 5.63. The summed E-state index contributed by atoms with van der Waals surface area (Å²) in [7, 11) is 0. The van der Waals surface area contributed by atoms with E-state index in [-0.39, 0.29) is 0 Å². The summed E-state index contributed by atoms with van der Waals surface area (Å²) in [5, 5.41) is 2.77. The van der Waals surface area contributed by atoms with E-state index in [4.69, 9.17) is 0 Å². The summed E-state index contributed by atoms with van der Waals surface area (Å²) in [4.78, 5) is 5.31. The molecule has 0 radical (unpaired) electrons. The molecule has 2 nitrogen and oxygen atoms in total. The minimum absolute atomic E-state index is 0.889. The first kappa shape index (κ1) is 15.9. The van der Waals surface area contributed by atoms with Gasteiger partial charge in [-0.1, -0.05) is 54.6 Å². The minimum atomic E-state index is 0.889. The Labute approximate surface area is 145 Å². The zero-order valence-corrected chi connectivity index (χ0v) is 14.5. The van der Waals surface area contributed by atoms with Crippen LogP contribution in [-0.2, 0) is 6.54 Å². The van der Waals surface area contributed by atoms with Crippen molar-refractivity contribution < 1.29 is 0 Å². The van der Waals surface area contributed by atoms with Crippen molar-refractivity contribution in [1.29, 1.82) is 0 Å². The molecule has 2 aromatic carbocycles. The lowest BCUT2D eigenvalue weighted by atomic mass is 9.94. The molecule has 0 saturated carbocycles. The second-order valence-electron chi connectivity index (χ2n) is 7.37. The van der Waals surface area contributed by atoms with E-state index in [0.29, 0.717) is 0 Å². The van der Waals surface area contributed by atoms with E-state index in [1.807, 2.05) is 0 Å². The summed E-state index contributed by atoms with van der Waals surface area (Å²) in [6.45, 7) is 7.24. The van der Waals surface area contributed by atoms with Gasteiger partial charge in [-0.25, -0.2) is 0 Å². The molecule has 0 spiro atoms. The molecule has 1 saturated heterocycles. The molecule has 126 valence electrons. The predicted molar refractivity (Wildman–Crippen MR) is 102 cm³/mol. The normalized spacial score (nSPS) is 22.9. The molecule has 0 amide bonds. The number of hydrogen-bond acceptors (Lipinski definition) is 2. The average Bonchev–Trinajstić information content (AvgIpc) is 2.65. The van der Waals surface area contributed by atoms with Gasteiger partial charge in [-0.2, -0.15) is 0 Å². The molecule has 2 heteroatoms. The second kappa shape index (κ2) is 7.50. The van der Waals surface area contributed by atoms with E-state index in [2.05, 4.69) is 64.4 Å². The van der Waals surface area contributed by atoms with Crippen LogP contribution in [0.15, 0.2) is 54.6 Å². The maximum Gasteiger partial charge on any atom is 0.0240 e. The Morgan fingerprint density at radius 1 is 0.833 bits per heavy atom. The quantitative estimate of drug-likeness (QED) is 0.774. The van der Waals surface area contributed by atoms with Gasteiger partial charge in [0.15, 0.2) is 0 Å². The van der Waals surface area contributed by atoms with Crippen molar-refractivity contribution in [3.8, 4) is 0 Å². The largest absolute Gasteiger partial charge is 0.301 e. The highest BCUT2D eigenvalue weighted by Gasteiger charge is 2.20. The van der Waals surface area contributed by atoms with Gasteiger partial charge in [-0.05, 0) is 41.5 Å². The van der Waals surface area contributed by atoms with E-state index in [0.717, 1.165) is 12.5 Å². The van der Waals surface area contributed by atoms with Gasteiger partial charge in [0.05, 0.1) is 0 Å². The molecular formula is C22H28N2. The van der Waals surface area contributed by atoms with Crippen molar-refractivity contribution in [2.75, 3.05) is 32.7 Å². The van der Waals surface area contributed by atoms with Crippen molar-refractivity contribution in [2.24, 2.45) is 5.92 Å². The maximum atomic E-state index is 2.68. The maximum absolute atomic E-state index is 2.68. The Kier molecular flexibility index (Phi) is 4.96. The molecule has 1 aliphatic carbocycles. The molecule has 1 unspecified atom stereocenters. The van der Waals surface area contributed by atoms with Crippen LogP contribution in [0.5, 0.6) is 0 Å². The van der Waals surface area contributed by atoms with Crippen LogP contribution in [0.2, 0.25) is 0 Å². The third kappa shape index (κ3) is 3.71. The summed E-state index contributed by atoms with van der Waals surface area (Å²) < 4.78 is 0. The molecule has 0 aromatic heterocycles. The molecule has 1 heterocycles. The summed E-state index contributed by atoms with van der Waals surface area (Å²) in [6, 6.07) is 15.5. The highest BCUT2D eigenvalue weighted by molar-refractivity contribution is 5.85. The third-order valence-corrected chi connectivity index (χ3v) is 5.63. The number of nitrogens with zero attached hydrogens (tertiary/aromatic N) is 2. The lowest BCUT2D eigenvalue weighted by Crippen LogP contribution is -2.47. The first-order valence-corrected chi connectivity index (χ1v) is 9.45. The van der Waals surface area contributed by atoms with Gasteiger partial charge in [0.25, 0.3) is 0 Å². The van der Waals surface area contributed by atoms with Crippen molar-refractivity contribution in [2.45, 2.75) is 25.8 Å². The van der Waals surface area contributed by atoms with Crippen LogP contribution < -0.4 is 0 Å². The SMILES string of the molecule is C1=CCC(CN2CCN(Cc3cccc4ccccc34)CC2)CC1. The van der Waals surface area contributed by atoms with Crippen LogP contribution in [0.3, 0.4) is 0 Å². The Morgan fingerprint density at radius 3 is 2.46 bits per heavy atom. The van der Waals surface area contributed by atoms with E-state index in [1.54, 1.807) is 0 Å². The smallest absolute Gasteiger partial charge is 0.0240 e. The summed E-state index contributed by atoms with van der Waals surface area (Å²) in [5.41, 5.74) is 1.47. The topological polar surface area (TPSA) is 6.48 Å². The molecule has 2 aliphatic rings. The number of benzene rings is 2. The molecule has 2 aromatic rings. The first-order valence-electron chi connectivity index (χ1n) is 9.45. The van der Waals surface area contributed by atoms with Crippen LogP contribution in [0, 0.1) is 5.92 Å². The molecule has 0 N–H and O–H groups in total. The second-order valence-corrected chi connectivity index (χ2v) is 7.37. The van der Waals surface area contributed by atoms with Gasteiger partial charge in [0, 0.05) is 39.3 Å². The number of piperazine rings is 1. The summed E-state index contributed by atoms with van der Waals surface area (Å²) in [6.07, 6.45) is 8.68. The fourth-order valence-corrected chi connectivity index (χ4v) is 4.19. The monoisotopic (exact) mass is 320 g/mol. The fourth-order valence-electron chi connectivity index (χ4n) is 4.19. The zero-order chi connectivity index (χ0) is 16.2. The van der Waals surface area contributed by atoms with Crippen molar-refractivity contribution in [3.63, 3.8) is 0 Å². The van der Waals surface area contributed by atoms with Crippen molar-refractivity contribution in [3.05, 3.63) is 60.2 Å². The Hall–Kier alpha value is -1.64. The molecular weight excluding hydrogens is 292 g/mol. The Bertz CT molecular complexity index is 693. The van der Waals surface area contributed by atoms with Crippen LogP contribution in [0.25, 0.3) is 10.8 Å². The number of hydrogen-bond donors (Lipinski definition) is 0. The molecule has 1 fully saturated rings. The lowest BCUT2D eigenvalue weighted by Gasteiger charge is -2.37. The molecule has 24 heavy (non-hydrogen) atoms. The van der Waals surface area contributed by atoms with Crippen molar-refractivity contribution >= 4 is 10.8 Å². The Balaban J connectivity index is 1.33. The standard InChI is InChI=1S/C22H28N2/c1-2-7-19(8-3-1)17-23-13-15-24(16-14-23)18-21-11-6-10-20-9-4-5-12-22(20)21/h1-2,4-6,9-12,19H,3,7-8,13-18H2. The fraction of sp³-hybridized carbons (Fsp3) is 0.455. The van der Waals surface area contributed by atoms with Gasteiger partial charge in [0.1, 0.15) is 0 Å². The Morgan fingerprint density at radius 2 is 1.62 bits per heavy atom. The lowest BCUT2D eigenvalue weighted by molar-refractivity contribution is 0.111. The predicted octanol–water partition coefficient (Wildman–Crippen LogP) is 4.31. The summed E-state index contributed by atoms with van der Waals surface area (Å²) >= 11 is 0. The highest BCUT2D eigenvalue weighted by Crippen LogP contribution is 2.22. The first-order chi connectivity index (χ1) is 11.9. The number of fused-ring (bicyclic) bond motifs is 1. The van der Waals surface area contributed by atoms with Crippen LogP contribution >= 0.6 is 0 Å². The van der Waals surface area contributed by atoms with Gasteiger partial charge in [-0.3, -0.25) is 4.90 Å². The average molecular weight is 320 g/mol. The van der Waals surface area contributed by atoms with E-state index >= 15 is 0 Å². The molecule has 0 bridgehead atoms. The van der Waals surface area contributed by atoms with Crippen molar-refractivity contribution in [1.82, 2.24) is 9.80 Å². The minimum Gasteiger partial charge on any atom is -0.301 e. The van der Waals surface area contributed by atoms with Gasteiger partial charge in [-0.15, -0.1) is 0 Å². The van der Waals surface area contributed by atoms with Gasteiger partial charge >= 0.3 is 0 Å². The van der Waals surface area contributed by atoms with E-state index in [1.165, 1.54) is 68.3 Å². The van der Waals surface area contributed by atoms with Gasteiger partial charge < -0.3 is 4.90 Å². The molecule has 1 atom stereocenters. The van der Waals surface area contributed by atoms with Crippen LogP contribution in [0.4, 0.5) is 0 Å². The molecule has 1 aliphatic heterocycles. The van der Waals surface area contributed by atoms with Crippen LogP contribution in [0.1, 0.15) is 24.8 Å². The molecule has 4 rings (SSSR count). The summed E-state index contributed by atoms with van der Waals surface area (Å²) in [5.74, 6) is 0.889. The highest BCUT2D eigenvalue weighted by atomic mass is 15.3. The number of allylic oxidation sites excluding steroid dienone is 2. The zero-order valence-electron chi connectivity index (χ0n) is 14.5. The van der Waals surface area contributed by atoms with Crippen LogP contribution in [-0.4, -0.2) is 42.5 Å². The van der Waals surface area contributed by atoms with E-state index < -0.39 is 0 Å².